The summed E-state index contributed by atoms with van der Waals surface area (Å²) in [5.74, 6) is -0.427. The van der Waals surface area contributed by atoms with Crippen LogP contribution in [0.2, 0.25) is 0 Å². The SMILES string of the molecule is Cn1[nH]c(=O)c2cc(F)c(Br)cc21. The Bertz CT molecular complexity index is 529. The van der Waals surface area contributed by atoms with E-state index in [1.54, 1.807) is 17.8 Å². The van der Waals surface area contributed by atoms with Crippen LogP contribution in [0.15, 0.2) is 21.4 Å². The lowest BCUT2D eigenvalue weighted by atomic mass is 10.2. The van der Waals surface area contributed by atoms with Crippen LogP contribution in [0.5, 0.6) is 0 Å². The second-order valence-corrected chi connectivity index (χ2v) is 3.64. The fraction of sp³-hybridized carbons (Fsp3) is 0.125. The summed E-state index contributed by atoms with van der Waals surface area (Å²) in [6.07, 6.45) is 0. The summed E-state index contributed by atoms with van der Waals surface area (Å²) < 4.78 is 14.9. The molecule has 0 spiro atoms. The fourth-order valence-electron chi connectivity index (χ4n) is 1.27. The third kappa shape index (κ3) is 1.19. The van der Waals surface area contributed by atoms with E-state index in [4.69, 9.17) is 0 Å². The first-order chi connectivity index (χ1) is 6.09. The van der Waals surface area contributed by atoms with Crippen LogP contribution in [0.3, 0.4) is 0 Å². The Balaban J connectivity index is 3.00. The lowest BCUT2D eigenvalue weighted by Gasteiger charge is -1.96. The van der Waals surface area contributed by atoms with E-state index in [0.717, 1.165) is 0 Å². The Labute approximate surface area is 81.3 Å². The molecule has 0 atom stereocenters. The number of aryl methyl sites for hydroxylation is 1. The normalized spacial score (nSPS) is 11.0. The summed E-state index contributed by atoms with van der Waals surface area (Å²) in [7, 11) is 1.70. The van der Waals surface area contributed by atoms with Gasteiger partial charge in [0.05, 0.1) is 15.4 Å². The Morgan fingerprint density at radius 1 is 1.54 bits per heavy atom. The van der Waals surface area contributed by atoms with E-state index < -0.39 is 5.82 Å². The molecule has 0 fully saturated rings. The van der Waals surface area contributed by atoms with Gasteiger partial charge in [-0.25, -0.2) is 4.39 Å². The van der Waals surface area contributed by atoms with Crippen molar-refractivity contribution in [3.05, 3.63) is 32.8 Å². The number of halogens is 2. The number of aromatic amines is 1. The monoisotopic (exact) mass is 244 g/mol. The number of aromatic nitrogens is 2. The van der Waals surface area contributed by atoms with E-state index >= 15 is 0 Å². The number of nitrogens with zero attached hydrogens (tertiary/aromatic N) is 1. The molecule has 5 heteroatoms. The zero-order valence-corrected chi connectivity index (χ0v) is 8.35. The molecule has 1 N–H and O–H groups in total. The van der Waals surface area contributed by atoms with Crippen LogP contribution >= 0.6 is 15.9 Å². The van der Waals surface area contributed by atoms with E-state index in [-0.39, 0.29) is 5.56 Å². The summed E-state index contributed by atoms with van der Waals surface area (Å²) in [5, 5.41) is 2.91. The molecule has 1 heterocycles. The first kappa shape index (κ1) is 8.50. The molecule has 0 amide bonds. The highest BCUT2D eigenvalue weighted by Crippen LogP contribution is 2.20. The summed E-state index contributed by atoms with van der Waals surface area (Å²) in [5.41, 5.74) is 0.405. The molecular formula is C8H6BrFN2O. The van der Waals surface area contributed by atoms with E-state index in [2.05, 4.69) is 21.0 Å². The predicted octanol–water partition coefficient (Wildman–Crippen LogP) is 1.77. The minimum atomic E-state index is -0.427. The first-order valence-electron chi connectivity index (χ1n) is 3.63. The molecule has 0 unspecified atom stereocenters. The maximum absolute atomic E-state index is 13.0. The molecular weight excluding hydrogens is 239 g/mol. The molecule has 0 aliphatic carbocycles. The Kier molecular flexibility index (Phi) is 1.76. The van der Waals surface area contributed by atoms with Gasteiger partial charge in [0.25, 0.3) is 5.56 Å². The maximum Gasteiger partial charge on any atom is 0.272 e. The van der Waals surface area contributed by atoms with Gasteiger partial charge in [0, 0.05) is 7.05 Å². The summed E-state index contributed by atoms with van der Waals surface area (Å²) in [4.78, 5) is 11.2. The van der Waals surface area contributed by atoms with Gasteiger partial charge in [0.2, 0.25) is 0 Å². The lowest BCUT2D eigenvalue weighted by molar-refractivity contribution is 0.623. The molecule has 0 saturated heterocycles. The average molecular weight is 245 g/mol. The van der Waals surface area contributed by atoms with Gasteiger partial charge in [0.1, 0.15) is 5.82 Å². The minimum Gasteiger partial charge on any atom is -0.288 e. The van der Waals surface area contributed by atoms with E-state index in [1.165, 1.54) is 6.07 Å². The highest BCUT2D eigenvalue weighted by atomic mass is 79.9. The minimum absolute atomic E-state index is 0.274. The molecule has 1 aromatic heterocycles. The number of fused-ring (bicyclic) bond motifs is 1. The smallest absolute Gasteiger partial charge is 0.272 e. The van der Waals surface area contributed by atoms with E-state index in [0.29, 0.717) is 15.4 Å². The van der Waals surface area contributed by atoms with Gasteiger partial charge in [-0.05, 0) is 28.1 Å². The standard InChI is InChI=1S/C8H6BrFN2O/c1-12-7-3-5(9)6(10)2-4(7)8(13)11-12/h2-3H,1H3,(H,11,13). The fourth-order valence-corrected chi connectivity index (χ4v) is 1.60. The Morgan fingerprint density at radius 3 is 2.92 bits per heavy atom. The maximum atomic E-state index is 13.0. The molecule has 0 saturated carbocycles. The molecule has 0 aliphatic heterocycles. The summed E-state index contributed by atoms with van der Waals surface area (Å²) in [6, 6.07) is 2.79. The number of H-pyrrole nitrogens is 1. The van der Waals surface area contributed by atoms with Crippen LogP contribution in [-0.4, -0.2) is 9.78 Å². The Hall–Kier alpha value is -1.10. The van der Waals surface area contributed by atoms with Crippen LogP contribution in [0.1, 0.15) is 0 Å². The van der Waals surface area contributed by atoms with Crippen LogP contribution in [-0.2, 0) is 7.05 Å². The number of hydrogen-bond donors (Lipinski definition) is 1. The lowest BCUT2D eigenvalue weighted by Crippen LogP contribution is -2.01. The van der Waals surface area contributed by atoms with E-state index in [9.17, 15) is 9.18 Å². The molecule has 3 nitrogen and oxygen atoms in total. The van der Waals surface area contributed by atoms with Crippen molar-refractivity contribution in [2.45, 2.75) is 0 Å². The second kappa shape index (κ2) is 2.70. The molecule has 0 aliphatic rings. The van der Waals surface area contributed by atoms with Crippen LogP contribution in [0.25, 0.3) is 10.9 Å². The van der Waals surface area contributed by atoms with Gasteiger partial charge >= 0.3 is 0 Å². The van der Waals surface area contributed by atoms with Crippen LogP contribution in [0.4, 0.5) is 4.39 Å². The van der Waals surface area contributed by atoms with Crippen molar-refractivity contribution in [1.29, 1.82) is 0 Å². The number of benzene rings is 1. The molecule has 2 rings (SSSR count). The largest absolute Gasteiger partial charge is 0.288 e. The molecule has 2 aromatic rings. The van der Waals surface area contributed by atoms with E-state index in [1.807, 2.05) is 0 Å². The van der Waals surface area contributed by atoms with Gasteiger partial charge in [-0.1, -0.05) is 0 Å². The van der Waals surface area contributed by atoms with Gasteiger partial charge in [-0.3, -0.25) is 14.6 Å². The van der Waals surface area contributed by atoms with Gasteiger partial charge in [-0.2, -0.15) is 0 Å². The van der Waals surface area contributed by atoms with Crippen molar-refractivity contribution in [1.82, 2.24) is 9.78 Å². The third-order valence-electron chi connectivity index (χ3n) is 1.91. The number of rotatable bonds is 0. The van der Waals surface area contributed by atoms with Crippen molar-refractivity contribution in [2.75, 3.05) is 0 Å². The van der Waals surface area contributed by atoms with Crippen molar-refractivity contribution in [3.63, 3.8) is 0 Å². The van der Waals surface area contributed by atoms with Crippen LogP contribution in [0, 0.1) is 5.82 Å². The number of hydrogen-bond acceptors (Lipinski definition) is 1. The topological polar surface area (TPSA) is 37.8 Å². The van der Waals surface area contributed by atoms with Crippen molar-refractivity contribution in [3.8, 4) is 0 Å². The summed E-state index contributed by atoms with van der Waals surface area (Å²) in [6.45, 7) is 0. The zero-order valence-electron chi connectivity index (χ0n) is 6.77. The summed E-state index contributed by atoms with van der Waals surface area (Å²) >= 11 is 3.06. The highest BCUT2D eigenvalue weighted by Gasteiger charge is 2.07. The Morgan fingerprint density at radius 2 is 2.23 bits per heavy atom. The molecule has 13 heavy (non-hydrogen) atoms. The number of nitrogens with one attached hydrogen (secondary N) is 1. The highest BCUT2D eigenvalue weighted by molar-refractivity contribution is 9.10. The molecule has 1 aromatic carbocycles. The van der Waals surface area contributed by atoms with Crippen molar-refractivity contribution in [2.24, 2.45) is 7.05 Å². The van der Waals surface area contributed by atoms with Gasteiger partial charge in [0.15, 0.2) is 0 Å². The van der Waals surface area contributed by atoms with Gasteiger partial charge < -0.3 is 0 Å². The van der Waals surface area contributed by atoms with Crippen LogP contribution < -0.4 is 5.56 Å². The van der Waals surface area contributed by atoms with Crippen molar-refractivity contribution >= 4 is 26.8 Å². The second-order valence-electron chi connectivity index (χ2n) is 2.78. The third-order valence-corrected chi connectivity index (χ3v) is 2.52. The quantitative estimate of drug-likeness (QED) is 0.754. The zero-order chi connectivity index (χ0) is 9.59. The average Bonchev–Trinajstić information content (AvgIpc) is 2.31. The van der Waals surface area contributed by atoms with Gasteiger partial charge in [-0.15, -0.1) is 0 Å². The molecule has 0 radical (unpaired) electrons. The first-order valence-corrected chi connectivity index (χ1v) is 4.42. The molecule has 68 valence electrons. The van der Waals surface area contributed by atoms with Crippen molar-refractivity contribution < 1.29 is 4.39 Å². The molecule has 0 bridgehead atoms. The predicted molar refractivity (Wildman–Crippen MR) is 51.2 cm³/mol.